The monoisotopic (exact) mass is 362 g/mol. The van der Waals surface area contributed by atoms with Gasteiger partial charge in [0.1, 0.15) is 6.33 Å². The average Bonchev–Trinajstić information content (AvgIpc) is 3.33. The number of thioether (sulfide) groups is 1. The number of carbonyl (C=O) groups is 2. The molecule has 124 valence electrons. The first-order chi connectivity index (χ1) is 11.7. The standard InChI is InChI=1S/C15H14N4O3S2/c20-13(17-14(21)12-4-1-7-22-12)9-24-15-18-16-10-19(15)6-5-11-3-2-8-23-11/h1-4,7-8,10H,5-6,9H2,(H,17,20,21). The molecule has 0 aromatic carbocycles. The average molecular weight is 362 g/mol. The van der Waals surface area contributed by atoms with Crippen molar-refractivity contribution in [1.29, 1.82) is 0 Å². The number of hydrogen-bond acceptors (Lipinski definition) is 7. The smallest absolute Gasteiger partial charge is 0.293 e. The largest absolute Gasteiger partial charge is 0.459 e. The molecule has 0 bridgehead atoms. The van der Waals surface area contributed by atoms with Crippen LogP contribution in [0.3, 0.4) is 0 Å². The van der Waals surface area contributed by atoms with Crippen molar-refractivity contribution in [2.75, 3.05) is 5.75 Å². The lowest BCUT2D eigenvalue weighted by Crippen LogP contribution is -2.31. The Morgan fingerprint density at radius 1 is 1.33 bits per heavy atom. The summed E-state index contributed by atoms with van der Waals surface area (Å²) in [6.07, 6.45) is 3.90. The van der Waals surface area contributed by atoms with Crippen LogP contribution in [0.2, 0.25) is 0 Å². The Kier molecular flexibility index (Phi) is 5.44. The summed E-state index contributed by atoms with van der Waals surface area (Å²) in [5, 5.41) is 12.9. The van der Waals surface area contributed by atoms with Crippen LogP contribution in [-0.2, 0) is 17.8 Å². The number of carbonyl (C=O) groups excluding carboxylic acids is 2. The zero-order valence-electron chi connectivity index (χ0n) is 12.5. The number of furan rings is 1. The van der Waals surface area contributed by atoms with Crippen molar-refractivity contribution >= 4 is 34.9 Å². The number of thiophene rings is 1. The Morgan fingerprint density at radius 3 is 3.00 bits per heavy atom. The number of rotatable bonds is 7. The fraction of sp³-hybridized carbons (Fsp3) is 0.200. The molecule has 0 aliphatic carbocycles. The second-order valence-electron chi connectivity index (χ2n) is 4.78. The Balaban J connectivity index is 1.49. The van der Waals surface area contributed by atoms with Gasteiger partial charge in [0.15, 0.2) is 10.9 Å². The summed E-state index contributed by atoms with van der Waals surface area (Å²) in [6, 6.07) is 7.18. The topological polar surface area (TPSA) is 90.0 Å². The Labute approximate surface area is 146 Å². The van der Waals surface area contributed by atoms with E-state index < -0.39 is 11.8 Å². The van der Waals surface area contributed by atoms with Gasteiger partial charge in [0.25, 0.3) is 5.91 Å². The van der Waals surface area contributed by atoms with Crippen molar-refractivity contribution in [2.45, 2.75) is 18.1 Å². The second-order valence-corrected chi connectivity index (χ2v) is 6.75. The molecule has 0 aliphatic heterocycles. The molecular formula is C15H14N4O3S2. The van der Waals surface area contributed by atoms with Crippen molar-refractivity contribution in [3.05, 3.63) is 52.9 Å². The van der Waals surface area contributed by atoms with Crippen LogP contribution in [0.4, 0.5) is 0 Å². The van der Waals surface area contributed by atoms with E-state index in [2.05, 4.69) is 21.6 Å². The fourth-order valence-corrected chi connectivity index (χ4v) is 3.40. The van der Waals surface area contributed by atoms with E-state index in [4.69, 9.17) is 4.42 Å². The number of hydrogen-bond donors (Lipinski definition) is 1. The van der Waals surface area contributed by atoms with Crippen LogP contribution in [-0.4, -0.2) is 32.3 Å². The normalized spacial score (nSPS) is 10.7. The van der Waals surface area contributed by atoms with Gasteiger partial charge in [0.2, 0.25) is 5.91 Å². The molecule has 0 aliphatic rings. The minimum absolute atomic E-state index is 0.0736. The minimum Gasteiger partial charge on any atom is -0.459 e. The third-order valence-electron chi connectivity index (χ3n) is 3.09. The number of aryl methyl sites for hydroxylation is 2. The maximum atomic E-state index is 11.8. The predicted molar refractivity (Wildman–Crippen MR) is 90.0 cm³/mol. The van der Waals surface area contributed by atoms with E-state index in [0.29, 0.717) is 5.16 Å². The molecular weight excluding hydrogens is 348 g/mol. The first kappa shape index (κ1) is 16.5. The van der Waals surface area contributed by atoms with Gasteiger partial charge in [-0.2, -0.15) is 0 Å². The summed E-state index contributed by atoms with van der Waals surface area (Å²) in [5.41, 5.74) is 0. The maximum Gasteiger partial charge on any atom is 0.293 e. The molecule has 3 rings (SSSR count). The maximum absolute atomic E-state index is 11.8. The number of nitrogens with zero attached hydrogens (tertiary/aromatic N) is 3. The Morgan fingerprint density at radius 2 is 2.25 bits per heavy atom. The van der Waals surface area contributed by atoms with Crippen molar-refractivity contribution in [1.82, 2.24) is 20.1 Å². The van der Waals surface area contributed by atoms with E-state index in [1.807, 2.05) is 16.0 Å². The molecule has 3 heterocycles. The van der Waals surface area contributed by atoms with Gasteiger partial charge in [-0.15, -0.1) is 21.5 Å². The lowest BCUT2D eigenvalue weighted by molar-refractivity contribution is -0.117. The molecule has 0 atom stereocenters. The van der Waals surface area contributed by atoms with Gasteiger partial charge in [-0.1, -0.05) is 17.8 Å². The van der Waals surface area contributed by atoms with Crippen molar-refractivity contribution in [3.63, 3.8) is 0 Å². The van der Waals surface area contributed by atoms with Gasteiger partial charge in [-0.05, 0) is 30.0 Å². The van der Waals surface area contributed by atoms with Gasteiger partial charge in [0, 0.05) is 11.4 Å². The van der Waals surface area contributed by atoms with E-state index in [0.717, 1.165) is 13.0 Å². The zero-order chi connectivity index (χ0) is 16.8. The fourth-order valence-electron chi connectivity index (χ4n) is 1.96. The molecule has 0 saturated carbocycles. The highest BCUT2D eigenvalue weighted by molar-refractivity contribution is 7.99. The molecule has 0 unspecified atom stereocenters. The summed E-state index contributed by atoms with van der Waals surface area (Å²) in [6.45, 7) is 0.739. The van der Waals surface area contributed by atoms with Gasteiger partial charge in [0.05, 0.1) is 12.0 Å². The molecule has 0 radical (unpaired) electrons. The Bertz CT molecular complexity index is 797. The summed E-state index contributed by atoms with van der Waals surface area (Å²) in [4.78, 5) is 24.8. The molecule has 1 N–H and O–H groups in total. The van der Waals surface area contributed by atoms with Crippen LogP contribution < -0.4 is 5.32 Å². The first-order valence-electron chi connectivity index (χ1n) is 7.13. The van der Waals surface area contributed by atoms with Crippen molar-refractivity contribution < 1.29 is 14.0 Å². The van der Waals surface area contributed by atoms with Crippen LogP contribution in [0.1, 0.15) is 15.4 Å². The van der Waals surface area contributed by atoms with Gasteiger partial charge in [-0.25, -0.2) is 0 Å². The molecule has 2 amide bonds. The van der Waals surface area contributed by atoms with Crippen LogP contribution in [0.15, 0.2) is 51.8 Å². The Hall–Kier alpha value is -2.39. The molecule has 7 nitrogen and oxygen atoms in total. The predicted octanol–water partition coefficient (Wildman–Crippen LogP) is 2.22. The van der Waals surface area contributed by atoms with Crippen LogP contribution in [0, 0.1) is 0 Å². The van der Waals surface area contributed by atoms with Crippen LogP contribution in [0.25, 0.3) is 0 Å². The van der Waals surface area contributed by atoms with Crippen LogP contribution >= 0.6 is 23.1 Å². The third-order valence-corrected chi connectivity index (χ3v) is 5.01. The van der Waals surface area contributed by atoms with Gasteiger partial charge >= 0.3 is 0 Å². The summed E-state index contributed by atoms with van der Waals surface area (Å²) < 4.78 is 6.83. The van der Waals surface area contributed by atoms with E-state index >= 15 is 0 Å². The van der Waals surface area contributed by atoms with Crippen molar-refractivity contribution in [2.24, 2.45) is 0 Å². The van der Waals surface area contributed by atoms with E-state index in [-0.39, 0.29) is 11.5 Å². The SMILES string of the molecule is O=C(CSc1nncn1CCc1cccs1)NC(=O)c1ccco1. The molecule has 9 heteroatoms. The molecule has 3 aromatic rings. The van der Waals surface area contributed by atoms with Gasteiger partial charge in [-0.3, -0.25) is 14.9 Å². The minimum atomic E-state index is -0.551. The number of amides is 2. The lowest BCUT2D eigenvalue weighted by atomic mass is 10.3. The third kappa shape index (κ3) is 4.33. The summed E-state index contributed by atoms with van der Waals surface area (Å²) >= 11 is 2.94. The van der Waals surface area contributed by atoms with Gasteiger partial charge < -0.3 is 8.98 Å². The highest BCUT2D eigenvalue weighted by atomic mass is 32.2. The van der Waals surface area contributed by atoms with E-state index in [1.54, 1.807) is 23.7 Å². The summed E-state index contributed by atoms with van der Waals surface area (Å²) in [5.74, 6) is -0.782. The molecule has 0 saturated heterocycles. The van der Waals surface area contributed by atoms with Crippen LogP contribution in [0.5, 0.6) is 0 Å². The van der Waals surface area contributed by atoms with E-state index in [1.165, 1.54) is 29.0 Å². The number of nitrogens with one attached hydrogen (secondary N) is 1. The van der Waals surface area contributed by atoms with E-state index in [9.17, 15) is 9.59 Å². The molecule has 0 spiro atoms. The molecule has 0 fully saturated rings. The first-order valence-corrected chi connectivity index (χ1v) is 8.99. The highest BCUT2D eigenvalue weighted by Crippen LogP contribution is 2.16. The van der Waals surface area contributed by atoms with Crippen molar-refractivity contribution in [3.8, 4) is 0 Å². The highest BCUT2D eigenvalue weighted by Gasteiger charge is 2.14. The molecule has 3 aromatic heterocycles. The lowest BCUT2D eigenvalue weighted by Gasteiger charge is -2.05. The quantitative estimate of drug-likeness (QED) is 0.648. The second kappa shape index (κ2) is 7.93. The summed E-state index contributed by atoms with van der Waals surface area (Å²) in [7, 11) is 0. The zero-order valence-corrected chi connectivity index (χ0v) is 14.2. The molecule has 24 heavy (non-hydrogen) atoms. The number of aromatic nitrogens is 3. The number of imide groups is 1.